The van der Waals surface area contributed by atoms with Crippen LogP contribution in [0.15, 0.2) is 42.9 Å². The van der Waals surface area contributed by atoms with Crippen LogP contribution < -0.4 is 15.5 Å². The number of carbonyl (C=O) groups excluding carboxylic acids is 1. The number of pyridine rings is 1. The van der Waals surface area contributed by atoms with E-state index in [4.69, 9.17) is 0 Å². The summed E-state index contributed by atoms with van der Waals surface area (Å²) < 4.78 is 15.9. The molecule has 0 radical (unpaired) electrons. The van der Waals surface area contributed by atoms with Crippen LogP contribution in [0.2, 0.25) is 0 Å². The predicted octanol–water partition coefficient (Wildman–Crippen LogP) is 2.39. The predicted molar refractivity (Wildman–Crippen MR) is 112 cm³/mol. The Kier molecular flexibility index (Phi) is 4.51. The molecule has 30 heavy (non-hydrogen) atoms. The van der Waals surface area contributed by atoms with Gasteiger partial charge in [-0.25, -0.2) is 9.37 Å². The van der Waals surface area contributed by atoms with Gasteiger partial charge in [-0.15, -0.1) is 5.10 Å². The fourth-order valence-corrected chi connectivity index (χ4v) is 3.88. The summed E-state index contributed by atoms with van der Waals surface area (Å²) in [5.74, 6) is -0.873. The fraction of sp³-hybridized carbons (Fsp3) is 0.238. The first-order chi connectivity index (χ1) is 14.6. The first kappa shape index (κ1) is 18.4. The van der Waals surface area contributed by atoms with E-state index in [-0.39, 0.29) is 11.6 Å². The first-order valence-corrected chi connectivity index (χ1v) is 9.76. The van der Waals surface area contributed by atoms with Gasteiger partial charge in [0.15, 0.2) is 11.5 Å². The summed E-state index contributed by atoms with van der Waals surface area (Å²) in [6.07, 6.45) is 4.97. The lowest BCUT2D eigenvalue weighted by Crippen LogP contribution is -2.43. The molecule has 8 nitrogen and oxygen atoms in total. The molecule has 152 valence electrons. The van der Waals surface area contributed by atoms with E-state index in [1.165, 1.54) is 6.07 Å². The second-order valence-corrected chi connectivity index (χ2v) is 7.31. The maximum absolute atomic E-state index is 14.4. The fourth-order valence-electron chi connectivity index (χ4n) is 3.88. The molecule has 0 unspecified atom stereocenters. The van der Waals surface area contributed by atoms with E-state index in [9.17, 15) is 9.18 Å². The number of rotatable bonds is 3. The Morgan fingerprint density at radius 1 is 1.20 bits per heavy atom. The van der Waals surface area contributed by atoms with E-state index in [1.54, 1.807) is 36.0 Å². The average Bonchev–Trinajstić information content (AvgIpc) is 3.14. The highest BCUT2D eigenvalue weighted by Gasteiger charge is 2.19. The number of anilines is 2. The van der Waals surface area contributed by atoms with Crippen LogP contribution in [0, 0.1) is 12.7 Å². The highest BCUT2D eigenvalue weighted by atomic mass is 19.1. The number of amides is 1. The third-order valence-corrected chi connectivity index (χ3v) is 5.25. The molecule has 2 N–H and O–H groups in total. The minimum Gasteiger partial charge on any atom is -0.368 e. The van der Waals surface area contributed by atoms with Crippen LogP contribution in [0.4, 0.5) is 15.8 Å². The van der Waals surface area contributed by atoms with E-state index >= 15 is 0 Å². The van der Waals surface area contributed by atoms with Crippen molar-refractivity contribution in [3.05, 3.63) is 59.9 Å². The molecule has 1 fully saturated rings. The van der Waals surface area contributed by atoms with E-state index in [0.29, 0.717) is 22.5 Å². The van der Waals surface area contributed by atoms with Crippen LogP contribution in [0.1, 0.15) is 16.1 Å². The van der Waals surface area contributed by atoms with Crippen molar-refractivity contribution >= 4 is 33.8 Å². The number of hydrogen-bond donors (Lipinski definition) is 2. The van der Waals surface area contributed by atoms with Crippen molar-refractivity contribution in [3.8, 4) is 0 Å². The number of nitrogens with one attached hydrogen (secondary N) is 2. The zero-order chi connectivity index (χ0) is 20.7. The van der Waals surface area contributed by atoms with Gasteiger partial charge in [-0.1, -0.05) is 0 Å². The quantitative estimate of drug-likeness (QED) is 0.544. The standard InChI is InChI=1S/C21H20FN7O/c1-13-11-29-12-14(10-17(22)20(29)25-13)26-21(30)16-2-3-18(28-8-6-23-7-9-28)15-4-5-24-27-19(15)16/h2-5,10-12,23H,6-9H2,1H3,(H,26,30). The lowest BCUT2D eigenvalue weighted by Gasteiger charge is -2.30. The molecular weight excluding hydrogens is 385 g/mol. The summed E-state index contributed by atoms with van der Waals surface area (Å²) in [5, 5.41) is 15.2. The normalized spacial score (nSPS) is 14.4. The number of carbonyl (C=O) groups is 1. The SMILES string of the molecule is Cc1cn2cc(NC(=O)c3ccc(N4CCNCC4)c4ccnnc34)cc(F)c2n1. The zero-order valence-electron chi connectivity index (χ0n) is 16.4. The summed E-state index contributed by atoms with van der Waals surface area (Å²) in [7, 11) is 0. The Balaban J connectivity index is 1.51. The molecule has 1 aliphatic heterocycles. The summed E-state index contributed by atoms with van der Waals surface area (Å²) in [6.45, 7) is 5.36. The van der Waals surface area contributed by atoms with Crippen LogP contribution >= 0.6 is 0 Å². The van der Waals surface area contributed by atoms with Crippen molar-refractivity contribution in [2.24, 2.45) is 0 Å². The van der Waals surface area contributed by atoms with Crippen LogP contribution in [-0.4, -0.2) is 51.7 Å². The van der Waals surface area contributed by atoms with Gasteiger partial charge in [-0.2, -0.15) is 5.10 Å². The van der Waals surface area contributed by atoms with Gasteiger partial charge in [0.05, 0.1) is 23.1 Å². The first-order valence-electron chi connectivity index (χ1n) is 9.76. The van der Waals surface area contributed by atoms with Gasteiger partial charge < -0.3 is 19.9 Å². The Morgan fingerprint density at radius 2 is 2.03 bits per heavy atom. The van der Waals surface area contributed by atoms with Crippen LogP contribution in [0.3, 0.4) is 0 Å². The number of piperazine rings is 1. The smallest absolute Gasteiger partial charge is 0.257 e. The molecule has 0 bridgehead atoms. The molecule has 4 aromatic rings. The van der Waals surface area contributed by atoms with Gasteiger partial charge in [0.25, 0.3) is 5.91 Å². The van der Waals surface area contributed by atoms with E-state index in [1.807, 2.05) is 12.1 Å². The van der Waals surface area contributed by atoms with Gasteiger partial charge in [0, 0.05) is 55.7 Å². The number of benzene rings is 1. The number of nitrogens with zero attached hydrogens (tertiary/aromatic N) is 5. The molecule has 0 atom stereocenters. The minimum absolute atomic E-state index is 0.224. The van der Waals surface area contributed by atoms with Crippen molar-refractivity contribution in [1.29, 1.82) is 0 Å². The number of hydrogen-bond acceptors (Lipinski definition) is 6. The molecule has 1 aromatic carbocycles. The van der Waals surface area contributed by atoms with Gasteiger partial charge in [0.2, 0.25) is 0 Å². The average molecular weight is 405 g/mol. The molecular formula is C21H20FN7O. The number of halogens is 1. The van der Waals surface area contributed by atoms with Crippen LogP contribution in [-0.2, 0) is 0 Å². The molecule has 1 aliphatic rings. The Bertz CT molecular complexity index is 1260. The highest BCUT2D eigenvalue weighted by Crippen LogP contribution is 2.29. The summed E-state index contributed by atoms with van der Waals surface area (Å²) in [4.78, 5) is 19.4. The second kappa shape index (κ2) is 7.34. The third-order valence-electron chi connectivity index (χ3n) is 5.25. The molecule has 3 aromatic heterocycles. The maximum atomic E-state index is 14.4. The van der Waals surface area contributed by atoms with E-state index in [0.717, 1.165) is 37.3 Å². The molecule has 0 saturated carbocycles. The Morgan fingerprint density at radius 3 is 2.87 bits per heavy atom. The van der Waals surface area contributed by atoms with E-state index in [2.05, 4.69) is 30.7 Å². The van der Waals surface area contributed by atoms with Gasteiger partial charge in [-0.05, 0) is 25.1 Å². The van der Waals surface area contributed by atoms with Crippen molar-refractivity contribution in [1.82, 2.24) is 24.9 Å². The van der Waals surface area contributed by atoms with Crippen molar-refractivity contribution in [2.45, 2.75) is 6.92 Å². The third kappa shape index (κ3) is 3.22. The largest absolute Gasteiger partial charge is 0.368 e. The van der Waals surface area contributed by atoms with Crippen LogP contribution in [0.25, 0.3) is 16.6 Å². The molecule has 5 rings (SSSR count). The summed E-state index contributed by atoms with van der Waals surface area (Å²) in [5.41, 5.74) is 3.19. The molecule has 1 amide bonds. The van der Waals surface area contributed by atoms with E-state index < -0.39 is 5.82 Å². The molecule has 9 heteroatoms. The molecule has 4 heterocycles. The topological polar surface area (TPSA) is 87.5 Å². The highest BCUT2D eigenvalue weighted by molar-refractivity contribution is 6.13. The van der Waals surface area contributed by atoms with Crippen molar-refractivity contribution < 1.29 is 9.18 Å². The minimum atomic E-state index is -0.500. The number of aromatic nitrogens is 4. The molecule has 1 saturated heterocycles. The zero-order valence-corrected chi connectivity index (χ0v) is 16.4. The van der Waals surface area contributed by atoms with Gasteiger partial charge in [0.1, 0.15) is 5.52 Å². The number of imidazole rings is 1. The maximum Gasteiger partial charge on any atom is 0.257 e. The lowest BCUT2D eigenvalue weighted by atomic mass is 10.1. The second-order valence-electron chi connectivity index (χ2n) is 7.31. The Hall–Kier alpha value is -3.59. The summed E-state index contributed by atoms with van der Waals surface area (Å²) in [6, 6.07) is 6.83. The van der Waals surface area contributed by atoms with Gasteiger partial charge in [-0.3, -0.25) is 4.79 Å². The summed E-state index contributed by atoms with van der Waals surface area (Å²) >= 11 is 0. The monoisotopic (exact) mass is 405 g/mol. The van der Waals surface area contributed by atoms with Crippen molar-refractivity contribution in [2.75, 3.05) is 36.4 Å². The van der Waals surface area contributed by atoms with Crippen molar-refractivity contribution in [3.63, 3.8) is 0 Å². The number of fused-ring (bicyclic) bond motifs is 2. The van der Waals surface area contributed by atoms with Crippen LogP contribution in [0.5, 0.6) is 0 Å². The lowest BCUT2D eigenvalue weighted by molar-refractivity contribution is 0.102. The number of aryl methyl sites for hydroxylation is 1. The molecule has 0 aliphatic carbocycles. The van der Waals surface area contributed by atoms with Gasteiger partial charge >= 0.3 is 0 Å². The molecule has 0 spiro atoms. The Labute approximate surface area is 171 Å².